The highest BCUT2D eigenvalue weighted by Crippen LogP contribution is 2.66. The van der Waals surface area contributed by atoms with Crippen molar-refractivity contribution in [3.63, 3.8) is 0 Å². The van der Waals surface area contributed by atoms with Gasteiger partial charge in [0, 0.05) is 12.3 Å². The first-order valence-electron chi connectivity index (χ1n) is 11.9. The number of rotatable bonds is 3. The summed E-state index contributed by atoms with van der Waals surface area (Å²) in [4.78, 5) is 37.2. The summed E-state index contributed by atoms with van der Waals surface area (Å²) in [6.07, 6.45) is 10.1. The summed E-state index contributed by atoms with van der Waals surface area (Å²) in [5.74, 6) is 1.98. The van der Waals surface area contributed by atoms with E-state index in [4.69, 9.17) is 4.74 Å². The van der Waals surface area contributed by atoms with Crippen molar-refractivity contribution in [3.05, 3.63) is 11.6 Å². The summed E-state index contributed by atoms with van der Waals surface area (Å²) in [5.41, 5.74) is 1.00. The third kappa shape index (κ3) is 3.39. The van der Waals surface area contributed by atoms with E-state index >= 15 is 0 Å². The molecule has 4 nitrogen and oxygen atoms in total. The molecule has 0 N–H and O–H groups in total. The number of ether oxygens (including phenoxy) is 1. The fourth-order valence-electron chi connectivity index (χ4n) is 7.54. The van der Waals surface area contributed by atoms with E-state index in [-0.39, 0.29) is 35.1 Å². The van der Waals surface area contributed by atoms with Crippen LogP contribution in [-0.4, -0.2) is 24.1 Å². The fraction of sp³-hybridized carbons (Fsp3) is 0.808. The number of allylic oxidation sites excluding steroid dienone is 1. The Bertz CT molecular complexity index is 787. The van der Waals surface area contributed by atoms with E-state index in [1.807, 2.05) is 26.8 Å². The van der Waals surface area contributed by atoms with Crippen LogP contribution in [0.4, 0.5) is 0 Å². The molecule has 4 rings (SSSR count). The maximum absolute atomic E-state index is 13.1. The number of carbonyl (C=O) groups is 3. The van der Waals surface area contributed by atoms with Crippen molar-refractivity contribution in [1.29, 1.82) is 0 Å². The van der Waals surface area contributed by atoms with Gasteiger partial charge in [0.1, 0.15) is 6.61 Å². The molecule has 3 unspecified atom stereocenters. The predicted molar refractivity (Wildman–Crippen MR) is 116 cm³/mol. The Hall–Kier alpha value is -1.45. The molecule has 4 aliphatic rings. The molecule has 3 fully saturated rings. The molecule has 3 saturated carbocycles. The van der Waals surface area contributed by atoms with Gasteiger partial charge in [0.05, 0.1) is 5.41 Å². The molecule has 0 radical (unpaired) electrons. The van der Waals surface area contributed by atoms with Crippen molar-refractivity contribution >= 4 is 17.5 Å². The largest absolute Gasteiger partial charge is 0.457 e. The van der Waals surface area contributed by atoms with Crippen LogP contribution in [0.25, 0.3) is 0 Å². The fourth-order valence-corrected chi connectivity index (χ4v) is 7.54. The number of carbonyl (C=O) groups excluding carboxylic acids is 3. The van der Waals surface area contributed by atoms with E-state index in [2.05, 4.69) is 13.8 Å². The summed E-state index contributed by atoms with van der Waals surface area (Å²) in [6.45, 7) is 10.1. The molecule has 4 aliphatic carbocycles. The van der Waals surface area contributed by atoms with Gasteiger partial charge in [-0.05, 0) is 100 Å². The lowest BCUT2D eigenvalue weighted by Gasteiger charge is -2.58. The van der Waals surface area contributed by atoms with Crippen LogP contribution in [0.1, 0.15) is 86.0 Å². The van der Waals surface area contributed by atoms with Gasteiger partial charge in [0.25, 0.3) is 0 Å². The van der Waals surface area contributed by atoms with Crippen molar-refractivity contribution in [2.45, 2.75) is 86.0 Å². The van der Waals surface area contributed by atoms with Gasteiger partial charge in [0.15, 0.2) is 11.6 Å². The lowest BCUT2D eigenvalue weighted by Crippen LogP contribution is -2.51. The second kappa shape index (κ2) is 7.31. The zero-order chi connectivity index (χ0) is 21.9. The average molecular weight is 415 g/mol. The minimum absolute atomic E-state index is 0.00824. The van der Waals surface area contributed by atoms with E-state index in [9.17, 15) is 14.4 Å². The quantitative estimate of drug-likeness (QED) is 0.589. The first-order valence-corrected chi connectivity index (χ1v) is 11.9. The van der Waals surface area contributed by atoms with E-state index in [1.165, 1.54) is 5.57 Å². The van der Waals surface area contributed by atoms with Gasteiger partial charge in [-0.2, -0.15) is 0 Å². The van der Waals surface area contributed by atoms with E-state index < -0.39 is 5.41 Å². The summed E-state index contributed by atoms with van der Waals surface area (Å²) in [5, 5.41) is 0. The minimum atomic E-state index is -0.579. The monoisotopic (exact) mass is 414 g/mol. The normalized spacial score (nSPS) is 40.7. The highest BCUT2D eigenvalue weighted by Gasteiger charge is 2.60. The molecule has 0 aromatic carbocycles. The first kappa shape index (κ1) is 21.8. The topological polar surface area (TPSA) is 60.4 Å². The van der Waals surface area contributed by atoms with Crippen molar-refractivity contribution in [2.75, 3.05) is 6.61 Å². The number of esters is 1. The Balaban J connectivity index is 1.49. The van der Waals surface area contributed by atoms with Gasteiger partial charge < -0.3 is 4.74 Å². The summed E-state index contributed by atoms with van der Waals surface area (Å²) in [6, 6.07) is 0. The molecule has 0 bridgehead atoms. The van der Waals surface area contributed by atoms with Gasteiger partial charge in [0.2, 0.25) is 0 Å². The van der Waals surface area contributed by atoms with Crippen LogP contribution >= 0.6 is 0 Å². The molecule has 0 aromatic heterocycles. The minimum Gasteiger partial charge on any atom is -0.457 e. The van der Waals surface area contributed by atoms with Gasteiger partial charge in [-0.1, -0.05) is 19.4 Å². The summed E-state index contributed by atoms with van der Waals surface area (Å²) >= 11 is 0. The van der Waals surface area contributed by atoms with Crippen molar-refractivity contribution < 1.29 is 19.1 Å². The van der Waals surface area contributed by atoms with Gasteiger partial charge in [-0.3, -0.25) is 14.4 Å². The first-order chi connectivity index (χ1) is 14.0. The third-order valence-electron chi connectivity index (χ3n) is 9.31. The van der Waals surface area contributed by atoms with E-state index in [0.29, 0.717) is 30.0 Å². The molecule has 0 spiro atoms. The summed E-state index contributed by atoms with van der Waals surface area (Å²) in [7, 11) is 0. The molecule has 0 heterocycles. The van der Waals surface area contributed by atoms with Crippen LogP contribution < -0.4 is 0 Å². The predicted octanol–water partition coefficient (Wildman–Crippen LogP) is 5.29. The zero-order valence-corrected chi connectivity index (χ0v) is 19.4. The standard InChI is InChI=1S/C26H38O4/c1-24(2,3)23(29)30-15-22(28)21-9-8-19-18-7-6-16-14-17(27)10-12-25(16,4)20(18)11-13-26(19,21)5/h14,18-21H,6-13,15H2,1-5H3/t18?,19?,20?,21-,25+,26+/m1/s1. The number of Topliss-reactive ketones (excluding diaryl/α,β-unsaturated/α-hetero) is 1. The number of ketones is 2. The highest BCUT2D eigenvalue weighted by atomic mass is 16.5. The van der Waals surface area contributed by atoms with Crippen LogP contribution in [0, 0.1) is 39.9 Å². The van der Waals surface area contributed by atoms with Crippen LogP contribution in [0.2, 0.25) is 0 Å². The van der Waals surface area contributed by atoms with Gasteiger partial charge in [-0.25, -0.2) is 0 Å². The maximum atomic E-state index is 13.1. The Kier molecular flexibility index (Phi) is 5.30. The maximum Gasteiger partial charge on any atom is 0.311 e. The number of hydrogen-bond donors (Lipinski definition) is 0. The Labute approximate surface area is 181 Å². The molecular weight excluding hydrogens is 376 g/mol. The van der Waals surface area contributed by atoms with Crippen molar-refractivity contribution in [2.24, 2.45) is 39.9 Å². The molecule has 4 heteroatoms. The van der Waals surface area contributed by atoms with E-state index in [0.717, 1.165) is 44.9 Å². The number of fused-ring (bicyclic) bond motifs is 5. The molecule has 6 atom stereocenters. The number of hydrogen-bond acceptors (Lipinski definition) is 4. The molecule has 0 amide bonds. The Morgan fingerprint density at radius 3 is 2.47 bits per heavy atom. The second-order valence-corrected chi connectivity index (χ2v) is 11.9. The Morgan fingerprint density at radius 2 is 1.77 bits per heavy atom. The molecule has 166 valence electrons. The van der Waals surface area contributed by atoms with E-state index in [1.54, 1.807) is 0 Å². The van der Waals surface area contributed by atoms with Gasteiger partial charge in [-0.15, -0.1) is 0 Å². The van der Waals surface area contributed by atoms with Gasteiger partial charge >= 0.3 is 5.97 Å². The zero-order valence-electron chi connectivity index (χ0n) is 19.4. The lowest BCUT2D eigenvalue weighted by molar-refractivity contribution is -0.158. The smallest absolute Gasteiger partial charge is 0.311 e. The SMILES string of the molecule is CC(C)(C)C(=O)OCC(=O)[C@H]1CCC2C3CCC4=CC(=O)CC[C@]4(C)C3CC[C@@]21C. The van der Waals surface area contributed by atoms with Crippen LogP contribution in [0.15, 0.2) is 11.6 Å². The molecule has 0 saturated heterocycles. The highest BCUT2D eigenvalue weighted by molar-refractivity contribution is 5.91. The molecular formula is C26H38O4. The third-order valence-corrected chi connectivity index (χ3v) is 9.31. The van der Waals surface area contributed by atoms with Crippen molar-refractivity contribution in [1.82, 2.24) is 0 Å². The van der Waals surface area contributed by atoms with Crippen molar-refractivity contribution in [3.8, 4) is 0 Å². The van der Waals surface area contributed by atoms with Crippen LogP contribution in [-0.2, 0) is 19.1 Å². The molecule has 0 aliphatic heterocycles. The van der Waals surface area contributed by atoms with Crippen LogP contribution in [0.3, 0.4) is 0 Å². The Morgan fingerprint density at radius 1 is 1.03 bits per heavy atom. The van der Waals surface area contributed by atoms with Crippen LogP contribution in [0.5, 0.6) is 0 Å². The lowest BCUT2D eigenvalue weighted by atomic mass is 9.46. The average Bonchev–Trinajstić information content (AvgIpc) is 3.03. The second-order valence-electron chi connectivity index (χ2n) is 11.9. The molecule has 30 heavy (non-hydrogen) atoms. The summed E-state index contributed by atoms with van der Waals surface area (Å²) < 4.78 is 5.38. The molecule has 0 aromatic rings.